The third-order valence-corrected chi connectivity index (χ3v) is 6.15. The fourth-order valence-electron chi connectivity index (χ4n) is 3.82. The van der Waals surface area contributed by atoms with E-state index in [9.17, 15) is 0 Å². The summed E-state index contributed by atoms with van der Waals surface area (Å²) < 4.78 is 0. The number of nitrogens with zero attached hydrogens (tertiary/aromatic N) is 1. The van der Waals surface area contributed by atoms with Gasteiger partial charge in [-0.1, -0.05) is 54.7 Å². The second kappa shape index (κ2) is 5.06. The Bertz CT molecular complexity index is 543. The molecular weight excluding hydrogens is 264 g/mol. The first kappa shape index (κ1) is 12.7. The molecule has 0 bridgehead atoms. The van der Waals surface area contributed by atoms with Crippen LogP contribution in [0.3, 0.4) is 0 Å². The summed E-state index contributed by atoms with van der Waals surface area (Å²) in [6.07, 6.45) is 21.4. The summed E-state index contributed by atoms with van der Waals surface area (Å²) in [5, 5.41) is 0.518. The zero-order valence-electron chi connectivity index (χ0n) is 11.4. The van der Waals surface area contributed by atoms with Crippen molar-refractivity contribution in [1.29, 1.82) is 0 Å². The summed E-state index contributed by atoms with van der Waals surface area (Å²) in [5.74, 6) is 0.553. The molecular formula is C17H20N2S. The molecule has 4 rings (SSSR count). The second-order valence-corrected chi connectivity index (χ2v) is 7.13. The fraction of sp³-hybridized carbons (Fsp3) is 0.412. The van der Waals surface area contributed by atoms with Gasteiger partial charge in [0.2, 0.25) is 0 Å². The first-order chi connectivity index (χ1) is 9.84. The zero-order valence-corrected chi connectivity index (χ0v) is 12.2. The van der Waals surface area contributed by atoms with Crippen LogP contribution in [0.1, 0.15) is 6.42 Å². The van der Waals surface area contributed by atoms with E-state index in [1.54, 1.807) is 0 Å². The van der Waals surface area contributed by atoms with Crippen molar-refractivity contribution in [3.8, 4) is 0 Å². The largest absolute Gasteiger partial charge is 0.323 e. The quantitative estimate of drug-likeness (QED) is 0.693. The van der Waals surface area contributed by atoms with Crippen LogP contribution in [0.4, 0.5) is 0 Å². The van der Waals surface area contributed by atoms with Crippen LogP contribution in [0.25, 0.3) is 0 Å². The SMILES string of the molecule is NC1C=CCN2C3C=CC=CC3SC3=CC=CCC3C12. The van der Waals surface area contributed by atoms with E-state index in [2.05, 4.69) is 59.6 Å². The Balaban J connectivity index is 1.79. The van der Waals surface area contributed by atoms with Gasteiger partial charge in [0.15, 0.2) is 0 Å². The molecule has 0 radical (unpaired) electrons. The van der Waals surface area contributed by atoms with Gasteiger partial charge in [-0.05, 0) is 11.3 Å². The number of hydrogen-bond donors (Lipinski definition) is 1. The number of thioether (sulfide) groups is 1. The first-order valence-electron chi connectivity index (χ1n) is 7.41. The van der Waals surface area contributed by atoms with E-state index in [0.29, 0.717) is 23.3 Å². The van der Waals surface area contributed by atoms with Gasteiger partial charge in [-0.3, -0.25) is 4.90 Å². The summed E-state index contributed by atoms with van der Waals surface area (Å²) in [5.41, 5.74) is 6.46. The van der Waals surface area contributed by atoms with Gasteiger partial charge in [0, 0.05) is 35.8 Å². The Labute approximate surface area is 124 Å². The molecule has 0 saturated carbocycles. The number of nitrogens with two attached hydrogens (primary N) is 1. The standard InChI is InChI=1S/C17H20N2S/c18-13-7-5-11-19-14-8-2-4-10-16(14)20-15-9-3-1-6-12(15)17(13)19/h1-5,7-10,12-14,16-17H,6,11,18H2. The van der Waals surface area contributed by atoms with Crippen molar-refractivity contribution in [1.82, 2.24) is 4.90 Å². The van der Waals surface area contributed by atoms with E-state index in [0.717, 1.165) is 13.0 Å². The van der Waals surface area contributed by atoms with Crippen LogP contribution in [0.5, 0.6) is 0 Å². The maximum atomic E-state index is 6.46. The minimum atomic E-state index is 0.141. The third-order valence-electron chi connectivity index (χ3n) is 4.73. The maximum absolute atomic E-state index is 6.46. The minimum Gasteiger partial charge on any atom is -0.323 e. The molecule has 4 aliphatic rings. The smallest absolute Gasteiger partial charge is 0.0466 e. The lowest BCUT2D eigenvalue weighted by Gasteiger charge is -2.44. The lowest BCUT2D eigenvalue weighted by molar-refractivity contribution is 0.128. The molecule has 0 spiro atoms. The lowest BCUT2D eigenvalue weighted by atomic mass is 9.84. The Morgan fingerprint density at radius 1 is 1.10 bits per heavy atom. The highest BCUT2D eigenvalue weighted by molar-refractivity contribution is 8.03. The molecule has 5 atom stereocenters. The minimum absolute atomic E-state index is 0.141. The molecule has 104 valence electrons. The molecule has 2 aliphatic heterocycles. The third kappa shape index (κ3) is 1.96. The summed E-state index contributed by atoms with van der Waals surface area (Å²) in [4.78, 5) is 4.13. The number of hydrogen-bond acceptors (Lipinski definition) is 3. The van der Waals surface area contributed by atoms with Crippen molar-refractivity contribution in [2.45, 2.75) is 29.8 Å². The molecule has 0 aromatic heterocycles. The number of allylic oxidation sites excluding steroid dienone is 5. The van der Waals surface area contributed by atoms with Crippen LogP contribution in [-0.2, 0) is 0 Å². The van der Waals surface area contributed by atoms with Crippen molar-refractivity contribution in [2.75, 3.05) is 6.54 Å². The zero-order chi connectivity index (χ0) is 13.5. The molecule has 2 heterocycles. The van der Waals surface area contributed by atoms with Crippen molar-refractivity contribution in [3.05, 3.63) is 59.6 Å². The summed E-state index contributed by atoms with van der Waals surface area (Å²) >= 11 is 2.04. The Morgan fingerprint density at radius 2 is 2.00 bits per heavy atom. The fourth-order valence-corrected chi connectivity index (χ4v) is 5.26. The molecule has 3 heteroatoms. The lowest BCUT2D eigenvalue weighted by Crippen LogP contribution is -2.57. The van der Waals surface area contributed by atoms with Gasteiger partial charge in [0.05, 0.1) is 0 Å². The molecule has 0 amide bonds. The highest BCUT2D eigenvalue weighted by Crippen LogP contribution is 2.45. The van der Waals surface area contributed by atoms with Crippen molar-refractivity contribution >= 4 is 11.8 Å². The van der Waals surface area contributed by atoms with Gasteiger partial charge in [0.25, 0.3) is 0 Å². The van der Waals surface area contributed by atoms with E-state index in [1.807, 2.05) is 11.8 Å². The van der Waals surface area contributed by atoms with Gasteiger partial charge >= 0.3 is 0 Å². The van der Waals surface area contributed by atoms with Crippen LogP contribution in [0, 0.1) is 5.92 Å². The van der Waals surface area contributed by atoms with E-state index in [-0.39, 0.29) is 6.04 Å². The van der Waals surface area contributed by atoms with E-state index in [4.69, 9.17) is 5.73 Å². The molecule has 2 aliphatic carbocycles. The first-order valence-corrected chi connectivity index (χ1v) is 8.29. The van der Waals surface area contributed by atoms with Gasteiger partial charge < -0.3 is 5.73 Å². The molecule has 2 nitrogen and oxygen atoms in total. The predicted molar refractivity (Wildman–Crippen MR) is 86.4 cm³/mol. The predicted octanol–water partition coefficient (Wildman–Crippen LogP) is 2.62. The van der Waals surface area contributed by atoms with E-state index in [1.165, 1.54) is 4.91 Å². The normalized spacial score (nSPS) is 42.5. The average Bonchev–Trinajstić information content (AvgIpc) is 2.62. The molecule has 0 aromatic rings. The average molecular weight is 284 g/mol. The van der Waals surface area contributed by atoms with Gasteiger partial charge in [-0.15, -0.1) is 11.8 Å². The highest BCUT2D eigenvalue weighted by Gasteiger charge is 2.43. The van der Waals surface area contributed by atoms with Gasteiger partial charge in [0.1, 0.15) is 0 Å². The van der Waals surface area contributed by atoms with E-state index < -0.39 is 0 Å². The topological polar surface area (TPSA) is 29.3 Å². The van der Waals surface area contributed by atoms with Gasteiger partial charge in [-0.2, -0.15) is 0 Å². The van der Waals surface area contributed by atoms with Crippen LogP contribution in [0.2, 0.25) is 0 Å². The summed E-state index contributed by atoms with van der Waals surface area (Å²) in [6.45, 7) is 1.02. The molecule has 2 N–H and O–H groups in total. The number of fused-ring (bicyclic) bond motifs is 5. The summed E-state index contributed by atoms with van der Waals surface area (Å²) in [7, 11) is 0. The Kier molecular flexibility index (Phi) is 3.21. The van der Waals surface area contributed by atoms with Crippen LogP contribution in [0.15, 0.2) is 59.6 Å². The molecule has 1 fully saturated rings. The Morgan fingerprint density at radius 3 is 2.95 bits per heavy atom. The van der Waals surface area contributed by atoms with Crippen LogP contribution in [-0.4, -0.2) is 34.8 Å². The molecule has 0 aromatic carbocycles. The number of rotatable bonds is 0. The molecule has 5 unspecified atom stereocenters. The molecule has 1 saturated heterocycles. The van der Waals surface area contributed by atoms with Gasteiger partial charge in [-0.25, -0.2) is 0 Å². The monoisotopic (exact) mass is 284 g/mol. The maximum Gasteiger partial charge on any atom is 0.0466 e. The second-order valence-electron chi connectivity index (χ2n) is 5.88. The van der Waals surface area contributed by atoms with Crippen molar-refractivity contribution < 1.29 is 0 Å². The highest BCUT2D eigenvalue weighted by atomic mass is 32.2. The van der Waals surface area contributed by atoms with Crippen LogP contribution >= 0.6 is 11.8 Å². The van der Waals surface area contributed by atoms with E-state index >= 15 is 0 Å². The Hall–Kier alpha value is -1.03. The van der Waals surface area contributed by atoms with Crippen molar-refractivity contribution in [3.63, 3.8) is 0 Å². The molecule has 20 heavy (non-hydrogen) atoms. The van der Waals surface area contributed by atoms with Crippen LogP contribution < -0.4 is 5.73 Å². The summed E-state index contributed by atoms with van der Waals surface area (Å²) in [6, 6.07) is 1.04. The van der Waals surface area contributed by atoms with Crippen molar-refractivity contribution in [2.24, 2.45) is 11.7 Å².